The summed E-state index contributed by atoms with van der Waals surface area (Å²) in [5.41, 5.74) is 1.15. The van der Waals surface area contributed by atoms with Gasteiger partial charge in [-0.1, -0.05) is 0 Å². The Hall–Kier alpha value is 0.470. The molecule has 16 heavy (non-hydrogen) atoms. The van der Waals surface area contributed by atoms with Gasteiger partial charge in [-0.2, -0.15) is 0 Å². The van der Waals surface area contributed by atoms with E-state index in [4.69, 9.17) is 5.14 Å². The van der Waals surface area contributed by atoms with Gasteiger partial charge in [0.05, 0.1) is 15.9 Å². The fourth-order valence-electron chi connectivity index (χ4n) is 1.12. The van der Waals surface area contributed by atoms with Crippen LogP contribution in [-0.2, 0) is 10.0 Å². The molecule has 0 bridgehead atoms. The van der Waals surface area contributed by atoms with Gasteiger partial charge in [-0.15, -0.1) is 0 Å². The second kappa shape index (κ2) is 6.42. The maximum atomic E-state index is 11.0. The maximum Gasteiger partial charge on any atom is 1.00 e. The van der Waals surface area contributed by atoms with E-state index in [1.165, 1.54) is 18.3 Å². The standard InChI is InChI=1S/C8H7N3O2S.2Na.2H/c9-14(12,13)6-1-2-7-8(5-6)11-4-3-10-7;;;;/h1-5H,(H2,9,12,13);;;;/q;2*+1;2*-1. The van der Waals surface area contributed by atoms with Crippen LogP contribution in [0.15, 0.2) is 35.5 Å². The van der Waals surface area contributed by atoms with Gasteiger partial charge in [0.2, 0.25) is 10.0 Å². The van der Waals surface area contributed by atoms with Crippen LogP contribution in [0.1, 0.15) is 2.85 Å². The van der Waals surface area contributed by atoms with Gasteiger partial charge >= 0.3 is 59.1 Å². The molecular weight excluding hydrogens is 248 g/mol. The number of rotatable bonds is 1. The molecule has 0 fully saturated rings. The van der Waals surface area contributed by atoms with Crippen molar-refractivity contribution in [3.63, 3.8) is 0 Å². The smallest absolute Gasteiger partial charge is 1.00 e. The second-order valence-corrected chi connectivity index (χ2v) is 4.31. The van der Waals surface area contributed by atoms with Crippen molar-refractivity contribution >= 4 is 21.1 Å². The first-order valence-electron chi connectivity index (χ1n) is 3.81. The summed E-state index contributed by atoms with van der Waals surface area (Å²) in [7, 11) is -3.66. The molecule has 0 radical (unpaired) electrons. The molecule has 0 spiro atoms. The van der Waals surface area contributed by atoms with Gasteiger partial charge in [0.15, 0.2) is 0 Å². The van der Waals surface area contributed by atoms with Gasteiger partial charge in [-0.05, 0) is 18.2 Å². The number of aromatic nitrogens is 2. The Morgan fingerprint density at radius 1 is 1.06 bits per heavy atom. The Kier molecular flexibility index (Phi) is 6.60. The van der Waals surface area contributed by atoms with Gasteiger partial charge in [0.25, 0.3) is 0 Å². The molecule has 76 valence electrons. The van der Waals surface area contributed by atoms with Crippen molar-refractivity contribution in [1.29, 1.82) is 0 Å². The van der Waals surface area contributed by atoms with Crippen molar-refractivity contribution in [2.24, 2.45) is 5.14 Å². The first-order valence-corrected chi connectivity index (χ1v) is 5.35. The van der Waals surface area contributed by atoms with Gasteiger partial charge in [0.1, 0.15) is 0 Å². The van der Waals surface area contributed by atoms with Crippen LogP contribution in [0.25, 0.3) is 11.0 Å². The van der Waals surface area contributed by atoms with E-state index in [1.54, 1.807) is 12.3 Å². The third kappa shape index (κ3) is 3.75. The summed E-state index contributed by atoms with van der Waals surface area (Å²) in [6, 6.07) is 4.38. The molecule has 0 aliphatic rings. The van der Waals surface area contributed by atoms with Gasteiger partial charge in [-0.25, -0.2) is 13.6 Å². The summed E-state index contributed by atoms with van der Waals surface area (Å²) in [6.45, 7) is 0. The minimum Gasteiger partial charge on any atom is -1.00 e. The zero-order valence-corrected chi connectivity index (χ0v) is 13.9. The molecule has 0 unspecified atom stereocenters. The van der Waals surface area contributed by atoms with Gasteiger partial charge in [0, 0.05) is 12.4 Å². The first kappa shape index (κ1) is 16.5. The predicted molar refractivity (Wildman–Crippen MR) is 53.1 cm³/mol. The normalized spacial score (nSPS) is 10.3. The summed E-state index contributed by atoms with van der Waals surface area (Å²) in [6.07, 6.45) is 3.04. The number of nitrogens with zero attached hydrogens (tertiary/aromatic N) is 2. The van der Waals surface area contributed by atoms with Crippen molar-refractivity contribution in [2.45, 2.75) is 4.90 Å². The average molecular weight is 257 g/mol. The Morgan fingerprint density at radius 2 is 1.62 bits per heavy atom. The number of sulfonamides is 1. The molecule has 5 nitrogen and oxygen atoms in total. The quantitative estimate of drug-likeness (QED) is 0.516. The topological polar surface area (TPSA) is 85.9 Å². The van der Waals surface area contributed by atoms with Crippen molar-refractivity contribution in [3.05, 3.63) is 30.6 Å². The average Bonchev–Trinajstić information content (AvgIpc) is 2.16. The summed E-state index contributed by atoms with van der Waals surface area (Å²) in [5, 5.41) is 4.97. The zero-order chi connectivity index (χ0) is 10.2. The van der Waals surface area contributed by atoms with E-state index < -0.39 is 10.0 Å². The van der Waals surface area contributed by atoms with Crippen molar-refractivity contribution in [2.75, 3.05) is 0 Å². The predicted octanol–water partition coefficient (Wildman–Crippen LogP) is -5.49. The van der Waals surface area contributed by atoms with Crippen LogP contribution in [0, 0.1) is 0 Å². The summed E-state index contributed by atoms with van der Waals surface area (Å²) in [5.74, 6) is 0. The number of hydrogen-bond donors (Lipinski definition) is 1. The molecule has 2 N–H and O–H groups in total. The van der Waals surface area contributed by atoms with Crippen molar-refractivity contribution in [1.82, 2.24) is 9.97 Å². The Bertz CT molecular complexity index is 598. The van der Waals surface area contributed by atoms with Crippen LogP contribution in [0.5, 0.6) is 0 Å². The van der Waals surface area contributed by atoms with Crippen LogP contribution < -0.4 is 64.3 Å². The number of nitrogens with two attached hydrogens (primary N) is 1. The van der Waals surface area contributed by atoms with E-state index in [0.717, 1.165) is 0 Å². The van der Waals surface area contributed by atoms with E-state index in [9.17, 15) is 8.42 Å². The third-order valence-corrected chi connectivity index (χ3v) is 2.68. The minimum absolute atomic E-state index is 0. The van der Waals surface area contributed by atoms with E-state index in [2.05, 4.69) is 9.97 Å². The van der Waals surface area contributed by atoms with Crippen LogP contribution in [0.4, 0.5) is 0 Å². The molecular formula is C8H9N3Na2O2S. The Balaban J connectivity index is -0.000000562. The monoisotopic (exact) mass is 257 g/mol. The minimum atomic E-state index is -3.66. The van der Waals surface area contributed by atoms with Crippen molar-refractivity contribution < 1.29 is 70.4 Å². The van der Waals surface area contributed by atoms with Crippen LogP contribution >= 0.6 is 0 Å². The van der Waals surface area contributed by atoms with Gasteiger partial charge in [-0.3, -0.25) is 9.97 Å². The molecule has 0 aliphatic carbocycles. The molecule has 8 heteroatoms. The molecule has 0 saturated heterocycles. The Labute approximate surface area is 140 Å². The fourth-order valence-corrected chi connectivity index (χ4v) is 1.65. The number of hydrogen-bond acceptors (Lipinski definition) is 4. The molecule has 0 saturated carbocycles. The number of fused-ring (bicyclic) bond motifs is 1. The molecule has 2 aromatic rings. The number of benzene rings is 1. The Morgan fingerprint density at radius 3 is 2.19 bits per heavy atom. The SMILES string of the molecule is NS(=O)(=O)c1ccc2nccnc2c1.[H-].[H-].[Na+].[Na+]. The molecule has 0 amide bonds. The number of primary sulfonamides is 1. The summed E-state index contributed by atoms with van der Waals surface area (Å²) in [4.78, 5) is 8.03. The summed E-state index contributed by atoms with van der Waals surface area (Å²) < 4.78 is 22.0. The summed E-state index contributed by atoms with van der Waals surface area (Å²) >= 11 is 0. The first-order chi connectivity index (χ1) is 6.57. The third-order valence-electron chi connectivity index (χ3n) is 1.77. The van der Waals surface area contributed by atoms with E-state index in [-0.39, 0.29) is 66.9 Å². The van der Waals surface area contributed by atoms with Crippen LogP contribution in [0.3, 0.4) is 0 Å². The van der Waals surface area contributed by atoms with Crippen LogP contribution in [0.2, 0.25) is 0 Å². The second-order valence-electron chi connectivity index (χ2n) is 2.75. The van der Waals surface area contributed by atoms with E-state index in [1.807, 2.05) is 0 Å². The molecule has 1 aromatic carbocycles. The molecule has 1 aromatic heterocycles. The fraction of sp³-hybridized carbons (Fsp3) is 0. The zero-order valence-electron chi connectivity index (χ0n) is 11.1. The largest absolute Gasteiger partial charge is 1.00 e. The molecule has 0 atom stereocenters. The van der Waals surface area contributed by atoms with E-state index >= 15 is 0 Å². The van der Waals surface area contributed by atoms with Crippen LogP contribution in [-0.4, -0.2) is 18.4 Å². The molecule has 0 aliphatic heterocycles. The molecule has 2 rings (SSSR count). The van der Waals surface area contributed by atoms with E-state index in [0.29, 0.717) is 11.0 Å². The van der Waals surface area contributed by atoms with Gasteiger partial charge < -0.3 is 2.85 Å². The van der Waals surface area contributed by atoms with Crippen molar-refractivity contribution in [3.8, 4) is 0 Å². The molecule has 1 heterocycles. The maximum absolute atomic E-state index is 11.0.